The fraction of sp³-hybridized carbons (Fsp3) is 0.632. The molecule has 1 saturated heterocycles. The molecule has 9 heteroatoms. The Kier molecular flexibility index (Phi) is 4.50. The largest absolute Gasteiger partial charge is 0.465 e. The number of carbonyl (C=O) groups is 2. The summed E-state index contributed by atoms with van der Waals surface area (Å²) in [6.07, 6.45) is -1.05. The Morgan fingerprint density at radius 1 is 1.25 bits per heavy atom. The number of alkyl halides is 3. The summed E-state index contributed by atoms with van der Waals surface area (Å²) in [6.45, 7) is 0.966. The van der Waals surface area contributed by atoms with E-state index in [1.165, 1.54) is 4.90 Å². The van der Waals surface area contributed by atoms with E-state index in [0.717, 1.165) is 25.1 Å². The lowest BCUT2D eigenvalue weighted by molar-refractivity contribution is -0.143. The van der Waals surface area contributed by atoms with Crippen LogP contribution in [-0.2, 0) is 23.9 Å². The molecule has 1 saturated carbocycles. The van der Waals surface area contributed by atoms with Crippen molar-refractivity contribution in [3.05, 3.63) is 29.1 Å². The second kappa shape index (κ2) is 6.63. The predicted molar refractivity (Wildman–Crippen MR) is 92.3 cm³/mol. The van der Waals surface area contributed by atoms with Gasteiger partial charge in [0.2, 0.25) is 5.91 Å². The van der Waals surface area contributed by atoms with Crippen LogP contribution in [0.4, 0.5) is 18.0 Å². The van der Waals surface area contributed by atoms with Gasteiger partial charge in [-0.2, -0.15) is 13.2 Å². The molecule has 0 spiro atoms. The van der Waals surface area contributed by atoms with Crippen molar-refractivity contribution in [3.8, 4) is 0 Å². The fourth-order valence-electron chi connectivity index (χ4n) is 4.43. The minimum Gasteiger partial charge on any atom is -0.465 e. The lowest BCUT2D eigenvalue weighted by atomic mass is 9.79. The van der Waals surface area contributed by atoms with Crippen molar-refractivity contribution in [2.24, 2.45) is 11.3 Å². The van der Waals surface area contributed by atoms with E-state index < -0.39 is 23.2 Å². The summed E-state index contributed by atoms with van der Waals surface area (Å²) in [5, 5.41) is 9.31. The Morgan fingerprint density at radius 3 is 2.61 bits per heavy atom. The molecule has 28 heavy (non-hydrogen) atoms. The molecule has 2 fully saturated rings. The molecule has 152 valence electrons. The Morgan fingerprint density at radius 2 is 2.00 bits per heavy atom. The highest BCUT2D eigenvalue weighted by Crippen LogP contribution is 2.46. The van der Waals surface area contributed by atoms with Gasteiger partial charge in [0, 0.05) is 44.5 Å². The fourth-order valence-corrected chi connectivity index (χ4v) is 4.43. The van der Waals surface area contributed by atoms with Crippen LogP contribution >= 0.6 is 0 Å². The zero-order chi connectivity index (χ0) is 20.1. The standard InChI is InChI=1S/C19H22F3N3O3/c20-19(21,22)14-7-13-10-24(5-3-15(13)23-9-14)16(26)18(8-12-1-2-12)4-6-25(11-18)17(27)28/h7,9,12H,1-6,8,10-11H2,(H,27,28). The number of carboxylic acid groups (broad SMARTS) is 1. The van der Waals surface area contributed by atoms with Gasteiger partial charge >= 0.3 is 12.3 Å². The Balaban J connectivity index is 1.56. The molecule has 1 aromatic rings. The number of nitrogens with zero attached hydrogens (tertiary/aromatic N) is 3. The van der Waals surface area contributed by atoms with E-state index in [-0.39, 0.29) is 19.0 Å². The highest BCUT2D eigenvalue weighted by atomic mass is 19.4. The highest BCUT2D eigenvalue weighted by molar-refractivity contribution is 5.84. The number of aromatic nitrogens is 1. The van der Waals surface area contributed by atoms with Gasteiger partial charge in [-0.3, -0.25) is 9.78 Å². The molecular formula is C19H22F3N3O3. The van der Waals surface area contributed by atoms with E-state index in [2.05, 4.69) is 4.98 Å². The monoisotopic (exact) mass is 397 g/mol. The maximum absolute atomic E-state index is 13.4. The van der Waals surface area contributed by atoms with Crippen molar-refractivity contribution >= 4 is 12.0 Å². The average Bonchev–Trinajstić information content (AvgIpc) is 3.35. The van der Waals surface area contributed by atoms with E-state index >= 15 is 0 Å². The van der Waals surface area contributed by atoms with Crippen molar-refractivity contribution in [2.45, 2.75) is 44.8 Å². The van der Waals surface area contributed by atoms with Gasteiger partial charge in [0.25, 0.3) is 0 Å². The quantitative estimate of drug-likeness (QED) is 0.850. The van der Waals surface area contributed by atoms with Crippen molar-refractivity contribution < 1.29 is 27.9 Å². The van der Waals surface area contributed by atoms with Crippen LogP contribution in [0.2, 0.25) is 0 Å². The second-order valence-electron chi connectivity index (χ2n) is 8.19. The summed E-state index contributed by atoms with van der Waals surface area (Å²) >= 11 is 0. The smallest absolute Gasteiger partial charge is 0.417 e. The van der Waals surface area contributed by atoms with Gasteiger partial charge in [-0.1, -0.05) is 12.8 Å². The summed E-state index contributed by atoms with van der Waals surface area (Å²) < 4.78 is 39.0. The molecule has 3 heterocycles. The van der Waals surface area contributed by atoms with Crippen LogP contribution in [0.5, 0.6) is 0 Å². The molecule has 6 nitrogen and oxygen atoms in total. The van der Waals surface area contributed by atoms with Crippen LogP contribution in [0.25, 0.3) is 0 Å². The molecule has 1 aromatic heterocycles. The summed E-state index contributed by atoms with van der Waals surface area (Å²) in [5.74, 6) is 0.305. The number of hydrogen-bond donors (Lipinski definition) is 1. The van der Waals surface area contributed by atoms with Crippen molar-refractivity contribution in [1.82, 2.24) is 14.8 Å². The lowest BCUT2D eigenvalue weighted by Gasteiger charge is -2.37. The van der Waals surface area contributed by atoms with E-state index in [4.69, 9.17) is 0 Å². The van der Waals surface area contributed by atoms with Crippen LogP contribution in [0.1, 0.15) is 42.5 Å². The summed E-state index contributed by atoms with van der Waals surface area (Å²) in [5.41, 5.74) is -0.561. The molecule has 0 radical (unpaired) electrons. The maximum atomic E-state index is 13.4. The van der Waals surface area contributed by atoms with Crippen molar-refractivity contribution in [3.63, 3.8) is 0 Å². The first-order valence-corrected chi connectivity index (χ1v) is 9.50. The molecule has 0 aromatic carbocycles. The molecule has 1 atom stereocenters. The van der Waals surface area contributed by atoms with Gasteiger partial charge in [0.1, 0.15) is 0 Å². The number of hydrogen-bond acceptors (Lipinski definition) is 3. The first-order chi connectivity index (χ1) is 13.2. The normalized spacial score (nSPS) is 25.0. The molecule has 1 unspecified atom stereocenters. The predicted octanol–water partition coefficient (Wildman–Crippen LogP) is 3.16. The number of pyridine rings is 1. The van der Waals surface area contributed by atoms with Gasteiger partial charge in [0.15, 0.2) is 0 Å². The van der Waals surface area contributed by atoms with Crippen LogP contribution < -0.4 is 0 Å². The van der Waals surface area contributed by atoms with Gasteiger partial charge in [-0.05, 0) is 30.4 Å². The van der Waals surface area contributed by atoms with Crippen LogP contribution in [0, 0.1) is 11.3 Å². The SMILES string of the molecule is O=C(O)N1CCC(CC2CC2)(C(=O)N2CCc3ncc(C(F)(F)F)cc3C2)C1. The molecular weight excluding hydrogens is 375 g/mol. The number of amides is 2. The summed E-state index contributed by atoms with van der Waals surface area (Å²) in [4.78, 5) is 31.6. The third kappa shape index (κ3) is 3.54. The van der Waals surface area contributed by atoms with Gasteiger partial charge < -0.3 is 14.9 Å². The first kappa shape index (κ1) is 19.0. The number of likely N-dealkylation sites (tertiary alicyclic amines) is 1. The Labute approximate surface area is 160 Å². The highest BCUT2D eigenvalue weighted by Gasteiger charge is 2.50. The van der Waals surface area contributed by atoms with Gasteiger partial charge in [0.05, 0.1) is 11.0 Å². The molecule has 4 rings (SSSR count). The Bertz CT molecular complexity index is 809. The average molecular weight is 397 g/mol. The van der Waals surface area contributed by atoms with Crippen LogP contribution in [0.15, 0.2) is 12.3 Å². The zero-order valence-corrected chi connectivity index (χ0v) is 15.3. The molecule has 1 N–H and O–H groups in total. The summed E-state index contributed by atoms with van der Waals surface area (Å²) in [7, 11) is 0. The van der Waals surface area contributed by atoms with E-state index in [1.54, 1.807) is 4.90 Å². The topological polar surface area (TPSA) is 73.7 Å². The zero-order valence-electron chi connectivity index (χ0n) is 15.3. The number of rotatable bonds is 3. The molecule has 2 aliphatic heterocycles. The third-order valence-corrected chi connectivity index (χ3v) is 6.11. The van der Waals surface area contributed by atoms with Crippen LogP contribution in [-0.4, -0.2) is 51.5 Å². The summed E-state index contributed by atoms with van der Waals surface area (Å²) in [6, 6.07) is 1.08. The van der Waals surface area contributed by atoms with E-state index in [0.29, 0.717) is 49.5 Å². The molecule has 3 aliphatic rings. The minimum absolute atomic E-state index is 0.0879. The second-order valence-corrected chi connectivity index (χ2v) is 8.19. The minimum atomic E-state index is -4.48. The molecule has 0 bridgehead atoms. The Hall–Kier alpha value is -2.32. The van der Waals surface area contributed by atoms with E-state index in [1.807, 2.05) is 0 Å². The lowest BCUT2D eigenvalue weighted by Crippen LogP contribution is -2.48. The van der Waals surface area contributed by atoms with Gasteiger partial charge in [-0.15, -0.1) is 0 Å². The van der Waals surface area contributed by atoms with Crippen molar-refractivity contribution in [2.75, 3.05) is 19.6 Å². The maximum Gasteiger partial charge on any atom is 0.417 e. The number of halogens is 3. The van der Waals surface area contributed by atoms with E-state index in [9.17, 15) is 27.9 Å². The van der Waals surface area contributed by atoms with Crippen molar-refractivity contribution in [1.29, 1.82) is 0 Å². The van der Waals surface area contributed by atoms with Crippen LogP contribution in [0.3, 0.4) is 0 Å². The van der Waals surface area contributed by atoms with Gasteiger partial charge in [-0.25, -0.2) is 4.79 Å². The molecule has 2 amide bonds. The molecule has 1 aliphatic carbocycles. The number of carbonyl (C=O) groups excluding carboxylic acids is 1. The number of fused-ring (bicyclic) bond motifs is 1. The first-order valence-electron chi connectivity index (χ1n) is 9.50. The third-order valence-electron chi connectivity index (χ3n) is 6.11.